The smallest absolute Gasteiger partial charge is 0.270 e. The maximum Gasteiger partial charge on any atom is 0.270 e. The number of non-ortho nitro benzene ring substituents is 1. The standard InChI is InChI=1S/C11H11N7O4S/c1-17-11(14-15-16-17)23-6-9(19)12-13-10(20)7-3-2-4-8(5-7)18(21)22/h2-5H,6H2,1H3,(H,12,19)(H,13,20). The molecule has 2 rings (SSSR count). The van der Waals surface area contributed by atoms with E-state index in [9.17, 15) is 19.7 Å². The number of nitrogens with one attached hydrogen (secondary N) is 2. The number of hydrazine groups is 1. The first kappa shape index (κ1) is 16.4. The van der Waals surface area contributed by atoms with Crippen molar-refractivity contribution in [1.82, 2.24) is 31.1 Å². The van der Waals surface area contributed by atoms with Crippen molar-refractivity contribution in [3.8, 4) is 0 Å². The van der Waals surface area contributed by atoms with Crippen molar-refractivity contribution in [2.45, 2.75) is 5.16 Å². The summed E-state index contributed by atoms with van der Waals surface area (Å²) in [7, 11) is 1.63. The molecule has 0 aliphatic carbocycles. The van der Waals surface area contributed by atoms with Gasteiger partial charge in [0, 0.05) is 24.7 Å². The van der Waals surface area contributed by atoms with Crippen molar-refractivity contribution in [2.75, 3.05) is 5.75 Å². The largest absolute Gasteiger partial charge is 0.272 e. The van der Waals surface area contributed by atoms with Gasteiger partial charge in [-0.2, -0.15) is 0 Å². The third-order valence-electron chi connectivity index (χ3n) is 2.55. The predicted molar refractivity (Wildman–Crippen MR) is 78.2 cm³/mol. The SMILES string of the molecule is Cn1nnnc1SCC(=O)NNC(=O)c1cccc([N+](=O)[O-])c1. The summed E-state index contributed by atoms with van der Waals surface area (Å²) in [4.78, 5) is 33.5. The number of thioether (sulfide) groups is 1. The summed E-state index contributed by atoms with van der Waals surface area (Å²) in [6.07, 6.45) is 0. The van der Waals surface area contributed by atoms with Gasteiger partial charge in [-0.15, -0.1) is 5.10 Å². The van der Waals surface area contributed by atoms with Crippen LogP contribution in [0.5, 0.6) is 0 Å². The van der Waals surface area contributed by atoms with Gasteiger partial charge in [-0.3, -0.25) is 30.6 Å². The highest BCUT2D eigenvalue weighted by Gasteiger charge is 2.13. The molecule has 23 heavy (non-hydrogen) atoms. The Bertz CT molecular complexity index is 747. The van der Waals surface area contributed by atoms with Gasteiger partial charge in [-0.1, -0.05) is 17.8 Å². The number of nitro benzene ring substituents is 1. The Morgan fingerprint density at radius 3 is 2.83 bits per heavy atom. The number of nitro groups is 1. The van der Waals surface area contributed by atoms with E-state index in [2.05, 4.69) is 26.4 Å². The van der Waals surface area contributed by atoms with Crippen LogP contribution in [0.2, 0.25) is 0 Å². The maximum atomic E-state index is 11.8. The maximum absolute atomic E-state index is 11.8. The number of aromatic nitrogens is 4. The fourth-order valence-corrected chi connectivity index (χ4v) is 2.12. The number of carbonyl (C=O) groups is 2. The van der Waals surface area contributed by atoms with E-state index in [1.165, 1.54) is 22.9 Å². The lowest BCUT2D eigenvalue weighted by molar-refractivity contribution is -0.384. The molecule has 2 amide bonds. The van der Waals surface area contributed by atoms with Gasteiger partial charge in [-0.25, -0.2) is 4.68 Å². The van der Waals surface area contributed by atoms with E-state index in [1.54, 1.807) is 7.05 Å². The molecule has 0 saturated heterocycles. The monoisotopic (exact) mass is 337 g/mol. The first-order valence-corrected chi connectivity index (χ1v) is 7.14. The van der Waals surface area contributed by atoms with E-state index in [-0.39, 0.29) is 17.0 Å². The number of nitrogens with zero attached hydrogens (tertiary/aromatic N) is 5. The minimum absolute atomic E-state index is 0.0105. The number of aryl methyl sites for hydroxylation is 1. The number of hydrogen-bond acceptors (Lipinski definition) is 8. The molecule has 1 aromatic carbocycles. The summed E-state index contributed by atoms with van der Waals surface area (Å²) in [6.45, 7) is 0. The second kappa shape index (κ2) is 7.31. The number of hydrogen-bond donors (Lipinski definition) is 2. The number of rotatable bonds is 5. The van der Waals surface area contributed by atoms with Gasteiger partial charge in [-0.05, 0) is 16.5 Å². The normalized spacial score (nSPS) is 10.1. The minimum atomic E-state index is -0.660. The number of amides is 2. The first-order chi connectivity index (χ1) is 11.0. The Morgan fingerprint density at radius 2 is 2.17 bits per heavy atom. The van der Waals surface area contributed by atoms with Crippen LogP contribution in [0.4, 0.5) is 5.69 Å². The Morgan fingerprint density at radius 1 is 1.39 bits per heavy atom. The molecule has 0 unspecified atom stereocenters. The van der Waals surface area contributed by atoms with Gasteiger partial charge < -0.3 is 0 Å². The van der Waals surface area contributed by atoms with E-state index in [4.69, 9.17) is 0 Å². The summed E-state index contributed by atoms with van der Waals surface area (Å²) >= 11 is 1.09. The highest BCUT2D eigenvalue weighted by molar-refractivity contribution is 7.99. The second-order valence-electron chi connectivity index (χ2n) is 4.18. The number of tetrazole rings is 1. The van der Waals surface area contributed by atoms with E-state index >= 15 is 0 Å². The van der Waals surface area contributed by atoms with Gasteiger partial charge in [0.05, 0.1) is 10.7 Å². The zero-order valence-electron chi connectivity index (χ0n) is 11.8. The fourth-order valence-electron chi connectivity index (χ4n) is 1.47. The molecule has 0 bridgehead atoms. The van der Waals surface area contributed by atoms with Crippen molar-refractivity contribution in [3.05, 3.63) is 39.9 Å². The van der Waals surface area contributed by atoms with Gasteiger partial charge >= 0.3 is 0 Å². The average Bonchev–Trinajstić information content (AvgIpc) is 2.95. The second-order valence-corrected chi connectivity index (χ2v) is 5.13. The van der Waals surface area contributed by atoms with Crippen LogP contribution < -0.4 is 10.9 Å². The zero-order valence-corrected chi connectivity index (χ0v) is 12.6. The van der Waals surface area contributed by atoms with Crippen molar-refractivity contribution in [2.24, 2.45) is 7.05 Å². The lowest BCUT2D eigenvalue weighted by Gasteiger charge is -2.06. The number of benzene rings is 1. The fraction of sp³-hybridized carbons (Fsp3) is 0.182. The molecular formula is C11H11N7O4S. The van der Waals surface area contributed by atoms with Crippen LogP contribution in [0.1, 0.15) is 10.4 Å². The van der Waals surface area contributed by atoms with E-state index in [0.29, 0.717) is 5.16 Å². The molecule has 11 nitrogen and oxygen atoms in total. The summed E-state index contributed by atoms with van der Waals surface area (Å²) in [5.41, 5.74) is 4.23. The van der Waals surface area contributed by atoms with E-state index in [1.807, 2.05) is 0 Å². The van der Waals surface area contributed by atoms with Gasteiger partial charge in [0.25, 0.3) is 11.6 Å². The lowest BCUT2D eigenvalue weighted by atomic mass is 10.2. The van der Waals surface area contributed by atoms with Gasteiger partial charge in [0.1, 0.15) is 0 Å². The van der Waals surface area contributed by atoms with Crippen LogP contribution in [0.3, 0.4) is 0 Å². The van der Waals surface area contributed by atoms with Crippen LogP contribution in [0.25, 0.3) is 0 Å². The molecule has 1 aromatic heterocycles. The molecule has 2 aromatic rings. The average molecular weight is 337 g/mol. The van der Waals surface area contributed by atoms with Crippen LogP contribution in [-0.2, 0) is 11.8 Å². The third kappa shape index (κ3) is 4.47. The number of carbonyl (C=O) groups excluding carboxylic acids is 2. The molecule has 120 valence electrons. The van der Waals surface area contributed by atoms with Crippen LogP contribution >= 0.6 is 11.8 Å². The molecule has 0 aliphatic heterocycles. The Balaban J connectivity index is 1.84. The molecule has 2 N–H and O–H groups in total. The zero-order chi connectivity index (χ0) is 16.8. The van der Waals surface area contributed by atoms with E-state index < -0.39 is 16.7 Å². The van der Waals surface area contributed by atoms with Crippen LogP contribution in [0.15, 0.2) is 29.4 Å². The Labute approximate surface area is 133 Å². The third-order valence-corrected chi connectivity index (χ3v) is 3.56. The van der Waals surface area contributed by atoms with Crippen LogP contribution in [-0.4, -0.2) is 42.7 Å². The lowest BCUT2D eigenvalue weighted by Crippen LogP contribution is -2.42. The molecular weight excluding hydrogens is 326 g/mol. The summed E-state index contributed by atoms with van der Waals surface area (Å²) in [5.74, 6) is -1.15. The minimum Gasteiger partial charge on any atom is -0.272 e. The summed E-state index contributed by atoms with van der Waals surface area (Å²) in [5, 5.41) is 21.8. The highest BCUT2D eigenvalue weighted by atomic mass is 32.2. The van der Waals surface area contributed by atoms with Crippen molar-refractivity contribution in [1.29, 1.82) is 0 Å². The molecule has 0 radical (unpaired) electrons. The Kier molecular flexibility index (Phi) is 5.19. The molecule has 0 fully saturated rings. The predicted octanol–water partition coefficient (Wildman–Crippen LogP) is -0.328. The topological polar surface area (TPSA) is 145 Å². The summed E-state index contributed by atoms with van der Waals surface area (Å²) in [6, 6.07) is 5.16. The van der Waals surface area contributed by atoms with Crippen LogP contribution in [0, 0.1) is 10.1 Å². The first-order valence-electron chi connectivity index (χ1n) is 6.16. The molecule has 0 spiro atoms. The summed E-state index contributed by atoms with van der Waals surface area (Å²) < 4.78 is 1.40. The molecule has 12 heteroatoms. The quantitative estimate of drug-likeness (QED) is 0.428. The van der Waals surface area contributed by atoms with Crippen molar-refractivity contribution < 1.29 is 14.5 Å². The molecule has 0 aliphatic rings. The highest BCUT2D eigenvalue weighted by Crippen LogP contribution is 2.13. The van der Waals surface area contributed by atoms with Crippen molar-refractivity contribution in [3.63, 3.8) is 0 Å². The molecule has 1 heterocycles. The molecule has 0 saturated carbocycles. The van der Waals surface area contributed by atoms with Gasteiger partial charge in [0.2, 0.25) is 11.1 Å². The Hall–Kier alpha value is -3.02. The van der Waals surface area contributed by atoms with E-state index in [0.717, 1.165) is 17.8 Å². The van der Waals surface area contributed by atoms with Gasteiger partial charge in [0.15, 0.2) is 0 Å². The molecule has 0 atom stereocenters. The van der Waals surface area contributed by atoms with Crippen molar-refractivity contribution >= 4 is 29.3 Å².